The van der Waals surface area contributed by atoms with E-state index in [-0.39, 0.29) is 6.10 Å². The summed E-state index contributed by atoms with van der Waals surface area (Å²) >= 11 is 0. The molecule has 1 aromatic rings. The molecule has 0 aromatic heterocycles. The van der Waals surface area contributed by atoms with Crippen LogP contribution in [0.15, 0.2) is 24.3 Å². The quantitative estimate of drug-likeness (QED) is 0.899. The zero-order chi connectivity index (χ0) is 14.7. The lowest BCUT2D eigenvalue weighted by molar-refractivity contribution is 0.0513. The molecule has 2 nitrogen and oxygen atoms in total. The summed E-state index contributed by atoms with van der Waals surface area (Å²) in [5.41, 5.74) is 2.38. The predicted molar refractivity (Wildman–Crippen MR) is 84.9 cm³/mol. The minimum Gasteiger partial charge on any atom is -0.387 e. The molecule has 1 N–H and O–H groups in total. The Morgan fingerprint density at radius 1 is 1.15 bits per heavy atom. The van der Waals surface area contributed by atoms with Crippen molar-refractivity contribution in [1.29, 1.82) is 0 Å². The van der Waals surface area contributed by atoms with Crippen molar-refractivity contribution in [2.75, 3.05) is 13.1 Å². The van der Waals surface area contributed by atoms with Crippen LogP contribution in [0.25, 0.3) is 0 Å². The minimum atomic E-state index is -0.371. The second-order valence-corrected chi connectivity index (χ2v) is 6.69. The van der Waals surface area contributed by atoms with Crippen molar-refractivity contribution in [2.45, 2.75) is 58.6 Å². The Bertz CT molecular complexity index is 412. The molecule has 0 aliphatic carbocycles. The van der Waals surface area contributed by atoms with Crippen LogP contribution in [0.3, 0.4) is 0 Å². The zero-order valence-corrected chi connectivity index (χ0v) is 13.3. The summed E-state index contributed by atoms with van der Waals surface area (Å²) in [6, 6.07) is 9.03. The van der Waals surface area contributed by atoms with Crippen LogP contribution in [-0.4, -0.2) is 29.1 Å². The standard InChI is InChI=1S/C18H29NO/c1-13(2)16-7-9-17(10-8-16)18(20)12-19-11-5-6-14(3)15(19)4/h7-10,13-15,18,20H,5-6,11-12H2,1-4H3. The molecule has 2 rings (SSSR count). The smallest absolute Gasteiger partial charge is 0.0917 e. The largest absolute Gasteiger partial charge is 0.387 e. The molecule has 1 saturated heterocycles. The van der Waals surface area contributed by atoms with E-state index in [9.17, 15) is 5.11 Å². The van der Waals surface area contributed by atoms with E-state index in [0.29, 0.717) is 12.0 Å². The lowest BCUT2D eigenvalue weighted by Crippen LogP contribution is -2.44. The molecule has 0 spiro atoms. The van der Waals surface area contributed by atoms with E-state index >= 15 is 0 Å². The molecular weight excluding hydrogens is 246 g/mol. The normalized spacial score (nSPS) is 25.9. The number of rotatable bonds is 4. The Morgan fingerprint density at radius 3 is 2.35 bits per heavy atom. The maximum absolute atomic E-state index is 10.5. The number of aliphatic hydroxyl groups excluding tert-OH is 1. The highest BCUT2D eigenvalue weighted by Gasteiger charge is 2.26. The molecule has 1 aliphatic heterocycles. The molecule has 1 aliphatic rings. The van der Waals surface area contributed by atoms with Gasteiger partial charge >= 0.3 is 0 Å². The molecule has 0 radical (unpaired) electrons. The molecule has 0 amide bonds. The number of nitrogens with zero attached hydrogens (tertiary/aromatic N) is 1. The number of benzene rings is 1. The Hall–Kier alpha value is -0.860. The summed E-state index contributed by atoms with van der Waals surface area (Å²) in [4.78, 5) is 2.44. The Morgan fingerprint density at radius 2 is 1.75 bits per heavy atom. The van der Waals surface area contributed by atoms with E-state index in [1.165, 1.54) is 18.4 Å². The van der Waals surface area contributed by atoms with Crippen molar-refractivity contribution < 1.29 is 5.11 Å². The number of piperidine rings is 1. The van der Waals surface area contributed by atoms with Crippen LogP contribution in [0, 0.1) is 5.92 Å². The van der Waals surface area contributed by atoms with Gasteiger partial charge in [0.1, 0.15) is 0 Å². The third-order valence-corrected chi connectivity index (χ3v) is 4.90. The highest BCUT2D eigenvalue weighted by Crippen LogP contribution is 2.26. The highest BCUT2D eigenvalue weighted by atomic mass is 16.3. The van der Waals surface area contributed by atoms with Gasteiger partial charge in [-0.3, -0.25) is 4.90 Å². The highest BCUT2D eigenvalue weighted by molar-refractivity contribution is 5.26. The summed E-state index contributed by atoms with van der Waals surface area (Å²) in [5, 5.41) is 10.5. The number of hydrogen-bond acceptors (Lipinski definition) is 2. The fraction of sp³-hybridized carbons (Fsp3) is 0.667. The number of hydrogen-bond donors (Lipinski definition) is 1. The van der Waals surface area contributed by atoms with Crippen LogP contribution < -0.4 is 0 Å². The molecule has 1 heterocycles. The molecule has 1 aromatic carbocycles. The summed E-state index contributed by atoms with van der Waals surface area (Å²) in [6.45, 7) is 10.9. The van der Waals surface area contributed by atoms with Crippen molar-refractivity contribution in [1.82, 2.24) is 4.90 Å². The van der Waals surface area contributed by atoms with Crippen molar-refractivity contribution in [3.05, 3.63) is 35.4 Å². The van der Waals surface area contributed by atoms with Crippen LogP contribution in [0.4, 0.5) is 0 Å². The third-order valence-electron chi connectivity index (χ3n) is 4.90. The molecule has 0 bridgehead atoms. The predicted octanol–water partition coefficient (Wildman–Crippen LogP) is 3.96. The van der Waals surface area contributed by atoms with Gasteiger partial charge in [0.05, 0.1) is 6.10 Å². The van der Waals surface area contributed by atoms with E-state index in [4.69, 9.17) is 0 Å². The average Bonchev–Trinajstić information content (AvgIpc) is 2.44. The topological polar surface area (TPSA) is 23.5 Å². The summed E-state index contributed by atoms with van der Waals surface area (Å²) in [7, 11) is 0. The number of β-amino-alcohol motifs (C(OH)–C–C–N with tert-alkyl or cyclic N) is 1. The van der Waals surface area contributed by atoms with Gasteiger partial charge in [-0.15, -0.1) is 0 Å². The van der Waals surface area contributed by atoms with Crippen molar-refractivity contribution >= 4 is 0 Å². The molecule has 3 unspecified atom stereocenters. The van der Waals surface area contributed by atoms with E-state index in [1.807, 2.05) is 0 Å². The van der Waals surface area contributed by atoms with Gasteiger partial charge in [-0.2, -0.15) is 0 Å². The Kier molecular flexibility index (Phi) is 5.22. The van der Waals surface area contributed by atoms with Crippen LogP contribution >= 0.6 is 0 Å². The van der Waals surface area contributed by atoms with Gasteiger partial charge in [0.15, 0.2) is 0 Å². The second-order valence-electron chi connectivity index (χ2n) is 6.69. The minimum absolute atomic E-state index is 0.371. The Balaban J connectivity index is 1.98. The van der Waals surface area contributed by atoms with Crippen LogP contribution in [0.1, 0.15) is 63.7 Å². The fourth-order valence-electron chi connectivity index (χ4n) is 3.11. The lowest BCUT2D eigenvalue weighted by atomic mass is 9.91. The van der Waals surface area contributed by atoms with Gasteiger partial charge in [0.2, 0.25) is 0 Å². The fourth-order valence-corrected chi connectivity index (χ4v) is 3.11. The van der Waals surface area contributed by atoms with Crippen LogP contribution in [0.2, 0.25) is 0 Å². The van der Waals surface area contributed by atoms with E-state index < -0.39 is 0 Å². The third kappa shape index (κ3) is 3.62. The van der Waals surface area contributed by atoms with Gasteiger partial charge in [-0.1, -0.05) is 45.0 Å². The molecule has 2 heteroatoms. The SMILES string of the molecule is CC(C)c1ccc(C(O)CN2CCCC(C)C2C)cc1. The van der Waals surface area contributed by atoms with Gasteiger partial charge in [-0.25, -0.2) is 0 Å². The molecule has 1 fully saturated rings. The van der Waals surface area contributed by atoms with Gasteiger partial charge < -0.3 is 5.11 Å². The zero-order valence-electron chi connectivity index (χ0n) is 13.3. The van der Waals surface area contributed by atoms with Crippen molar-refractivity contribution in [3.63, 3.8) is 0 Å². The maximum atomic E-state index is 10.5. The molecule has 20 heavy (non-hydrogen) atoms. The first-order chi connectivity index (χ1) is 9.49. The summed E-state index contributed by atoms with van der Waals surface area (Å²) < 4.78 is 0. The average molecular weight is 275 g/mol. The Labute approximate surface area is 123 Å². The van der Waals surface area contributed by atoms with Gasteiger partial charge in [0.25, 0.3) is 0 Å². The van der Waals surface area contributed by atoms with Crippen LogP contribution in [-0.2, 0) is 0 Å². The van der Waals surface area contributed by atoms with Gasteiger partial charge in [-0.05, 0) is 49.3 Å². The first-order valence-electron chi connectivity index (χ1n) is 8.01. The van der Waals surface area contributed by atoms with E-state index in [0.717, 1.165) is 24.6 Å². The molecule has 3 atom stereocenters. The monoisotopic (exact) mass is 275 g/mol. The lowest BCUT2D eigenvalue weighted by Gasteiger charge is -2.39. The number of aliphatic hydroxyl groups is 1. The van der Waals surface area contributed by atoms with E-state index in [2.05, 4.69) is 56.9 Å². The molecular formula is C18H29NO. The first-order valence-corrected chi connectivity index (χ1v) is 8.01. The van der Waals surface area contributed by atoms with E-state index in [1.54, 1.807) is 0 Å². The first kappa shape index (κ1) is 15.5. The number of likely N-dealkylation sites (tertiary alicyclic amines) is 1. The van der Waals surface area contributed by atoms with Gasteiger partial charge in [0, 0.05) is 12.6 Å². The second kappa shape index (κ2) is 6.73. The summed E-state index contributed by atoms with van der Waals surface area (Å²) in [5.74, 6) is 1.28. The van der Waals surface area contributed by atoms with Crippen molar-refractivity contribution in [3.8, 4) is 0 Å². The van der Waals surface area contributed by atoms with Crippen molar-refractivity contribution in [2.24, 2.45) is 5.92 Å². The molecule has 112 valence electrons. The molecule has 0 saturated carbocycles. The van der Waals surface area contributed by atoms with Crippen LogP contribution in [0.5, 0.6) is 0 Å². The summed E-state index contributed by atoms with van der Waals surface area (Å²) in [6.07, 6.45) is 2.20. The maximum Gasteiger partial charge on any atom is 0.0917 e.